The molecule has 7 nitrogen and oxygen atoms in total. The number of aliphatic hydroxyl groups excluding tert-OH is 1. The van der Waals surface area contributed by atoms with Crippen molar-refractivity contribution in [2.75, 3.05) is 30.3 Å². The molecule has 1 aromatic heterocycles. The lowest BCUT2D eigenvalue weighted by Gasteiger charge is -2.43. The maximum atomic E-state index is 11.2. The summed E-state index contributed by atoms with van der Waals surface area (Å²) in [7, 11) is 0. The lowest BCUT2D eigenvalue weighted by Crippen LogP contribution is -2.54. The van der Waals surface area contributed by atoms with Gasteiger partial charge in [0.25, 0.3) is 5.91 Å². The van der Waals surface area contributed by atoms with Crippen LogP contribution >= 0.6 is 0 Å². The maximum Gasteiger partial charge on any atom is 0.267 e. The summed E-state index contributed by atoms with van der Waals surface area (Å²) in [5.74, 6) is -0.103. The van der Waals surface area contributed by atoms with Crippen molar-refractivity contribution in [2.45, 2.75) is 25.6 Å². The number of aromatic nitrogens is 1. The van der Waals surface area contributed by atoms with Crippen molar-refractivity contribution in [2.24, 2.45) is 5.73 Å². The molecule has 1 aliphatic rings. The van der Waals surface area contributed by atoms with E-state index in [4.69, 9.17) is 16.2 Å². The average Bonchev–Trinajstić information content (AvgIpc) is 2.36. The molecule has 2 heterocycles. The molecule has 0 bridgehead atoms. The number of nitrogens with two attached hydrogens (primary N) is 2. The van der Waals surface area contributed by atoms with Crippen LogP contribution in [0.4, 0.5) is 11.5 Å². The number of morpholine rings is 1. The Morgan fingerprint density at radius 2 is 2.30 bits per heavy atom. The molecule has 2 rings (SSSR count). The number of carbonyl (C=O) groups is 1. The maximum absolute atomic E-state index is 11.2. The number of ether oxygens (including phenoxy) is 1. The third-order valence-corrected chi connectivity index (χ3v) is 3.14. The van der Waals surface area contributed by atoms with Crippen LogP contribution in [0, 0.1) is 0 Å². The number of nitrogen functional groups attached to an aromatic ring is 1. The summed E-state index contributed by atoms with van der Waals surface area (Å²) in [6.07, 6.45) is -0.322. The Morgan fingerprint density at radius 1 is 1.60 bits per heavy atom. The zero-order chi connectivity index (χ0) is 14.9. The first-order valence-electron chi connectivity index (χ1n) is 6.42. The van der Waals surface area contributed by atoms with E-state index in [1.54, 1.807) is 6.07 Å². The summed E-state index contributed by atoms with van der Waals surface area (Å²) in [4.78, 5) is 17.4. The van der Waals surface area contributed by atoms with Crippen molar-refractivity contribution in [1.29, 1.82) is 0 Å². The molecule has 0 saturated carbocycles. The van der Waals surface area contributed by atoms with E-state index in [1.165, 1.54) is 6.07 Å². The van der Waals surface area contributed by atoms with Crippen molar-refractivity contribution in [1.82, 2.24) is 4.98 Å². The fourth-order valence-electron chi connectivity index (χ4n) is 2.40. The summed E-state index contributed by atoms with van der Waals surface area (Å²) in [5.41, 5.74) is 11.4. The molecule has 0 aromatic carbocycles. The molecule has 5 N–H and O–H groups in total. The first-order valence-corrected chi connectivity index (χ1v) is 6.42. The third-order valence-electron chi connectivity index (χ3n) is 3.14. The standard InChI is InChI=1S/C13H20N4O3/c1-13(2)7-17(5-8(6-18)20-13)12-9(14)3-4-10(16-12)11(15)19/h3-4,8,18H,5-7,14H2,1-2H3,(H2,15,19). The van der Waals surface area contributed by atoms with E-state index in [-0.39, 0.29) is 18.4 Å². The van der Waals surface area contributed by atoms with Crippen LogP contribution in [0.2, 0.25) is 0 Å². The SMILES string of the molecule is CC1(C)CN(c2nc(C(N)=O)ccc2N)CC(CO)O1. The molecule has 1 aromatic rings. The lowest BCUT2D eigenvalue weighted by molar-refractivity contribution is -0.101. The first-order chi connectivity index (χ1) is 9.32. The smallest absolute Gasteiger partial charge is 0.267 e. The molecular weight excluding hydrogens is 260 g/mol. The molecular formula is C13H20N4O3. The zero-order valence-electron chi connectivity index (χ0n) is 11.7. The Bertz CT molecular complexity index is 518. The van der Waals surface area contributed by atoms with Gasteiger partial charge in [0.05, 0.1) is 24.0 Å². The number of carbonyl (C=O) groups excluding carboxylic acids is 1. The second kappa shape index (κ2) is 5.26. The quantitative estimate of drug-likeness (QED) is 0.702. The van der Waals surface area contributed by atoms with Crippen molar-refractivity contribution in [3.05, 3.63) is 17.8 Å². The van der Waals surface area contributed by atoms with E-state index in [2.05, 4.69) is 4.98 Å². The van der Waals surface area contributed by atoms with Crippen LogP contribution in [-0.4, -0.2) is 47.4 Å². The number of hydrogen-bond acceptors (Lipinski definition) is 6. The topological polar surface area (TPSA) is 115 Å². The fraction of sp³-hybridized carbons (Fsp3) is 0.538. The van der Waals surface area contributed by atoms with Gasteiger partial charge in [-0.1, -0.05) is 0 Å². The van der Waals surface area contributed by atoms with Gasteiger partial charge >= 0.3 is 0 Å². The molecule has 0 aliphatic carbocycles. The third kappa shape index (κ3) is 3.00. The molecule has 7 heteroatoms. The van der Waals surface area contributed by atoms with Crippen LogP contribution in [0.3, 0.4) is 0 Å². The van der Waals surface area contributed by atoms with Gasteiger partial charge in [0.2, 0.25) is 0 Å². The highest BCUT2D eigenvalue weighted by atomic mass is 16.5. The molecule has 1 unspecified atom stereocenters. The summed E-state index contributed by atoms with van der Waals surface area (Å²) < 4.78 is 5.74. The largest absolute Gasteiger partial charge is 0.396 e. The molecule has 0 radical (unpaired) electrons. The van der Waals surface area contributed by atoms with Gasteiger partial charge in [0, 0.05) is 13.1 Å². The number of nitrogens with zero attached hydrogens (tertiary/aromatic N) is 2. The van der Waals surface area contributed by atoms with Crippen molar-refractivity contribution in [3.8, 4) is 0 Å². The van der Waals surface area contributed by atoms with Gasteiger partial charge in [-0.3, -0.25) is 4.79 Å². The van der Waals surface area contributed by atoms with Crippen LogP contribution in [0.25, 0.3) is 0 Å². The van der Waals surface area contributed by atoms with Gasteiger partial charge < -0.3 is 26.2 Å². The number of aliphatic hydroxyl groups is 1. The monoisotopic (exact) mass is 280 g/mol. The zero-order valence-corrected chi connectivity index (χ0v) is 11.7. The average molecular weight is 280 g/mol. The van der Waals surface area contributed by atoms with E-state index >= 15 is 0 Å². The van der Waals surface area contributed by atoms with Gasteiger partial charge in [-0.15, -0.1) is 0 Å². The summed E-state index contributed by atoms with van der Waals surface area (Å²) in [6, 6.07) is 3.11. The van der Waals surface area contributed by atoms with Crippen molar-refractivity contribution < 1.29 is 14.6 Å². The highest BCUT2D eigenvalue weighted by molar-refractivity contribution is 5.91. The van der Waals surface area contributed by atoms with Crippen LogP contribution in [-0.2, 0) is 4.74 Å². The van der Waals surface area contributed by atoms with Gasteiger partial charge in [-0.25, -0.2) is 4.98 Å². The molecule has 1 amide bonds. The summed E-state index contributed by atoms with van der Waals surface area (Å²) >= 11 is 0. The van der Waals surface area contributed by atoms with E-state index in [0.29, 0.717) is 24.6 Å². The van der Waals surface area contributed by atoms with Gasteiger partial charge in [0.15, 0.2) is 5.82 Å². The predicted molar refractivity (Wildman–Crippen MR) is 75.4 cm³/mol. The Balaban J connectivity index is 2.34. The van der Waals surface area contributed by atoms with Crippen LogP contribution in [0.5, 0.6) is 0 Å². The highest BCUT2D eigenvalue weighted by Gasteiger charge is 2.34. The molecule has 1 atom stereocenters. The first kappa shape index (κ1) is 14.5. The summed E-state index contributed by atoms with van der Waals surface area (Å²) in [6.45, 7) is 4.78. The van der Waals surface area contributed by atoms with Crippen molar-refractivity contribution >= 4 is 17.4 Å². The number of amides is 1. The summed E-state index contributed by atoms with van der Waals surface area (Å²) in [5, 5.41) is 9.32. The Kier molecular flexibility index (Phi) is 3.82. The van der Waals surface area contributed by atoms with E-state index in [9.17, 15) is 9.90 Å². The normalized spacial score (nSPS) is 21.8. The van der Waals surface area contributed by atoms with Gasteiger partial charge in [0.1, 0.15) is 5.69 Å². The predicted octanol–water partition coefficient (Wildman–Crippen LogP) is -0.261. The minimum absolute atomic E-state index is 0.0880. The Hall–Kier alpha value is -1.86. The Morgan fingerprint density at radius 3 is 2.90 bits per heavy atom. The number of primary amides is 1. The van der Waals surface area contributed by atoms with Gasteiger partial charge in [-0.2, -0.15) is 0 Å². The fourth-order valence-corrected chi connectivity index (χ4v) is 2.40. The van der Waals surface area contributed by atoms with E-state index in [1.807, 2.05) is 18.7 Å². The molecule has 1 saturated heterocycles. The minimum Gasteiger partial charge on any atom is -0.396 e. The number of pyridine rings is 1. The van der Waals surface area contributed by atoms with Gasteiger partial charge in [-0.05, 0) is 26.0 Å². The number of anilines is 2. The molecule has 1 fully saturated rings. The second-order valence-electron chi connectivity index (χ2n) is 5.54. The van der Waals surface area contributed by atoms with E-state index < -0.39 is 11.5 Å². The van der Waals surface area contributed by atoms with Crippen LogP contribution in [0.15, 0.2) is 12.1 Å². The van der Waals surface area contributed by atoms with Crippen LogP contribution < -0.4 is 16.4 Å². The van der Waals surface area contributed by atoms with Crippen molar-refractivity contribution in [3.63, 3.8) is 0 Å². The van der Waals surface area contributed by atoms with E-state index in [0.717, 1.165) is 0 Å². The molecule has 20 heavy (non-hydrogen) atoms. The molecule has 110 valence electrons. The number of rotatable bonds is 3. The molecule has 1 aliphatic heterocycles. The highest BCUT2D eigenvalue weighted by Crippen LogP contribution is 2.28. The lowest BCUT2D eigenvalue weighted by atomic mass is 10.1. The Labute approximate surface area is 117 Å². The minimum atomic E-state index is -0.600. The molecule has 0 spiro atoms. The van der Waals surface area contributed by atoms with Crippen LogP contribution in [0.1, 0.15) is 24.3 Å². The number of hydrogen-bond donors (Lipinski definition) is 3. The second-order valence-corrected chi connectivity index (χ2v) is 5.54.